The van der Waals surface area contributed by atoms with Gasteiger partial charge in [0.25, 0.3) is 5.91 Å². The zero-order valence-electron chi connectivity index (χ0n) is 15.8. The fourth-order valence-electron chi connectivity index (χ4n) is 2.89. The molecule has 140 valence electrons. The van der Waals surface area contributed by atoms with E-state index in [0.717, 1.165) is 22.3 Å². The van der Waals surface area contributed by atoms with Crippen molar-refractivity contribution in [1.29, 1.82) is 0 Å². The number of hydrogen-bond donors (Lipinski definition) is 1. The Morgan fingerprint density at radius 2 is 1.44 bits per heavy atom. The van der Waals surface area contributed by atoms with Crippen LogP contribution in [0.5, 0.6) is 0 Å². The molecular formula is C21H22N2O2S2. The number of aromatic amines is 1. The lowest BCUT2D eigenvalue weighted by atomic mass is 9.96. The van der Waals surface area contributed by atoms with Crippen molar-refractivity contribution >= 4 is 29.4 Å². The third-order valence-electron chi connectivity index (χ3n) is 4.43. The molecule has 1 aromatic heterocycles. The number of hydroxylamine groups is 2. The van der Waals surface area contributed by atoms with Crippen molar-refractivity contribution in [2.45, 2.75) is 9.79 Å². The van der Waals surface area contributed by atoms with E-state index < -0.39 is 0 Å². The van der Waals surface area contributed by atoms with Crippen molar-refractivity contribution in [3.63, 3.8) is 0 Å². The largest absolute Gasteiger partial charge is 0.356 e. The Morgan fingerprint density at radius 1 is 0.926 bits per heavy atom. The van der Waals surface area contributed by atoms with Crippen LogP contribution in [0.2, 0.25) is 0 Å². The van der Waals surface area contributed by atoms with Crippen molar-refractivity contribution in [1.82, 2.24) is 10.0 Å². The minimum absolute atomic E-state index is 0.214. The van der Waals surface area contributed by atoms with Gasteiger partial charge in [-0.2, -0.15) is 0 Å². The van der Waals surface area contributed by atoms with Gasteiger partial charge in [0.2, 0.25) is 0 Å². The molecule has 0 aliphatic heterocycles. The Hall–Kier alpha value is -2.15. The number of amides is 1. The van der Waals surface area contributed by atoms with Gasteiger partial charge in [0.15, 0.2) is 0 Å². The summed E-state index contributed by atoms with van der Waals surface area (Å²) < 4.78 is 0. The Morgan fingerprint density at radius 3 is 1.93 bits per heavy atom. The molecule has 0 aliphatic rings. The predicted molar refractivity (Wildman–Crippen MR) is 114 cm³/mol. The molecule has 3 aromatic rings. The Labute approximate surface area is 168 Å². The number of rotatable bonds is 6. The second-order valence-electron chi connectivity index (χ2n) is 5.89. The van der Waals surface area contributed by atoms with Gasteiger partial charge in [-0.1, -0.05) is 24.3 Å². The molecule has 4 nitrogen and oxygen atoms in total. The van der Waals surface area contributed by atoms with Gasteiger partial charge in [-0.05, 0) is 47.9 Å². The summed E-state index contributed by atoms with van der Waals surface area (Å²) in [5.74, 6) is -0.214. The molecule has 0 atom stereocenters. The average molecular weight is 399 g/mol. The molecule has 1 heterocycles. The maximum Gasteiger partial charge on any atom is 0.294 e. The number of nitrogens with one attached hydrogen (secondary N) is 1. The standard InChI is InChI=1S/C21H22N2O2S2/c1-23(25-2)21(24)20-19(15-7-11-17(27-4)12-8-15)18(13-22-20)14-5-9-16(26-3)10-6-14/h5-13,22H,1-4H3. The molecule has 0 aliphatic carbocycles. The molecule has 2 aromatic carbocycles. The van der Waals surface area contributed by atoms with Crippen LogP contribution in [0.4, 0.5) is 0 Å². The summed E-state index contributed by atoms with van der Waals surface area (Å²) in [7, 11) is 3.09. The van der Waals surface area contributed by atoms with E-state index in [0.29, 0.717) is 5.69 Å². The van der Waals surface area contributed by atoms with Crippen molar-refractivity contribution in [2.75, 3.05) is 26.7 Å². The maximum absolute atomic E-state index is 12.8. The first-order valence-corrected chi connectivity index (χ1v) is 10.9. The van der Waals surface area contributed by atoms with Crippen LogP contribution in [0, 0.1) is 0 Å². The second kappa shape index (κ2) is 8.69. The molecule has 0 radical (unpaired) electrons. The second-order valence-corrected chi connectivity index (χ2v) is 7.65. The van der Waals surface area contributed by atoms with Crippen molar-refractivity contribution in [2.24, 2.45) is 0 Å². The first-order chi connectivity index (χ1) is 13.1. The van der Waals surface area contributed by atoms with E-state index in [1.54, 1.807) is 30.6 Å². The fourth-order valence-corrected chi connectivity index (χ4v) is 3.70. The summed E-state index contributed by atoms with van der Waals surface area (Å²) in [5.41, 5.74) is 4.44. The van der Waals surface area contributed by atoms with Crippen molar-refractivity contribution in [3.05, 3.63) is 60.4 Å². The minimum Gasteiger partial charge on any atom is -0.356 e. The summed E-state index contributed by atoms with van der Waals surface area (Å²) >= 11 is 3.40. The smallest absolute Gasteiger partial charge is 0.294 e. The quantitative estimate of drug-likeness (QED) is 0.444. The number of carbonyl (C=O) groups is 1. The lowest BCUT2D eigenvalue weighted by Crippen LogP contribution is -2.26. The third-order valence-corrected chi connectivity index (χ3v) is 5.92. The van der Waals surface area contributed by atoms with Crippen LogP contribution in [0.1, 0.15) is 10.5 Å². The Balaban J connectivity index is 2.15. The topological polar surface area (TPSA) is 45.3 Å². The van der Waals surface area contributed by atoms with Gasteiger partial charge in [0.1, 0.15) is 5.69 Å². The van der Waals surface area contributed by atoms with E-state index in [2.05, 4.69) is 59.8 Å². The Kier molecular flexibility index (Phi) is 6.31. The van der Waals surface area contributed by atoms with Crippen LogP contribution in [-0.4, -0.2) is 42.6 Å². The van der Waals surface area contributed by atoms with Gasteiger partial charge >= 0.3 is 0 Å². The van der Waals surface area contributed by atoms with Gasteiger partial charge < -0.3 is 4.98 Å². The SMILES string of the molecule is CON(C)C(=O)c1[nH]cc(-c2ccc(SC)cc2)c1-c1ccc(SC)cc1. The highest BCUT2D eigenvalue weighted by Crippen LogP contribution is 2.37. The number of thioether (sulfide) groups is 2. The number of carbonyl (C=O) groups excluding carboxylic acids is 1. The lowest BCUT2D eigenvalue weighted by molar-refractivity contribution is -0.0759. The molecule has 0 saturated carbocycles. The summed E-state index contributed by atoms with van der Waals surface area (Å²) in [6.07, 6.45) is 6.00. The van der Waals surface area contributed by atoms with Gasteiger partial charge in [0.05, 0.1) is 7.11 Å². The van der Waals surface area contributed by atoms with Gasteiger partial charge in [-0.15, -0.1) is 23.5 Å². The van der Waals surface area contributed by atoms with Crippen LogP contribution < -0.4 is 0 Å². The van der Waals surface area contributed by atoms with E-state index in [1.807, 2.05) is 12.5 Å². The molecule has 1 N–H and O–H groups in total. The third kappa shape index (κ3) is 4.08. The fraction of sp³-hybridized carbons (Fsp3) is 0.190. The lowest BCUT2D eigenvalue weighted by Gasteiger charge is -2.15. The molecule has 0 unspecified atom stereocenters. The van der Waals surface area contributed by atoms with Crippen LogP contribution in [-0.2, 0) is 4.84 Å². The van der Waals surface area contributed by atoms with E-state index in [1.165, 1.54) is 22.0 Å². The molecule has 27 heavy (non-hydrogen) atoms. The highest BCUT2D eigenvalue weighted by Gasteiger charge is 2.22. The van der Waals surface area contributed by atoms with Gasteiger partial charge in [0, 0.05) is 34.2 Å². The molecular weight excluding hydrogens is 376 g/mol. The Bertz CT molecular complexity index is 918. The highest BCUT2D eigenvalue weighted by molar-refractivity contribution is 7.98. The minimum atomic E-state index is -0.214. The van der Waals surface area contributed by atoms with E-state index in [4.69, 9.17) is 4.84 Å². The predicted octanol–water partition coefficient (Wildman–Crippen LogP) is 5.43. The summed E-state index contributed by atoms with van der Waals surface area (Å²) in [4.78, 5) is 23.4. The number of aromatic nitrogens is 1. The first-order valence-electron chi connectivity index (χ1n) is 8.41. The molecule has 1 amide bonds. The number of hydrogen-bond acceptors (Lipinski definition) is 4. The molecule has 0 saturated heterocycles. The zero-order chi connectivity index (χ0) is 19.4. The van der Waals surface area contributed by atoms with E-state index in [-0.39, 0.29) is 5.91 Å². The zero-order valence-corrected chi connectivity index (χ0v) is 17.4. The summed E-state index contributed by atoms with van der Waals surface area (Å²) in [5, 5.41) is 1.23. The van der Waals surface area contributed by atoms with E-state index in [9.17, 15) is 4.79 Å². The van der Waals surface area contributed by atoms with Crippen LogP contribution in [0.15, 0.2) is 64.5 Å². The van der Waals surface area contributed by atoms with Crippen LogP contribution >= 0.6 is 23.5 Å². The molecule has 3 rings (SSSR count). The number of H-pyrrole nitrogens is 1. The molecule has 0 spiro atoms. The number of nitrogens with zero attached hydrogens (tertiary/aromatic N) is 1. The molecule has 0 fully saturated rings. The molecule has 6 heteroatoms. The van der Waals surface area contributed by atoms with Crippen molar-refractivity contribution < 1.29 is 9.63 Å². The number of benzene rings is 2. The first kappa shape index (κ1) is 19.6. The summed E-state index contributed by atoms with van der Waals surface area (Å²) in [6, 6.07) is 16.6. The highest BCUT2D eigenvalue weighted by atomic mass is 32.2. The summed E-state index contributed by atoms with van der Waals surface area (Å²) in [6.45, 7) is 0. The normalized spacial score (nSPS) is 10.8. The maximum atomic E-state index is 12.8. The average Bonchev–Trinajstić information content (AvgIpc) is 3.17. The van der Waals surface area contributed by atoms with E-state index >= 15 is 0 Å². The van der Waals surface area contributed by atoms with Crippen molar-refractivity contribution in [3.8, 4) is 22.3 Å². The van der Waals surface area contributed by atoms with Crippen LogP contribution in [0.25, 0.3) is 22.3 Å². The van der Waals surface area contributed by atoms with Gasteiger partial charge in [-0.3, -0.25) is 9.63 Å². The molecule has 0 bridgehead atoms. The van der Waals surface area contributed by atoms with Gasteiger partial charge in [-0.25, -0.2) is 5.06 Å². The monoisotopic (exact) mass is 398 g/mol. The van der Waals surface area contributed by atoms with Crippen LogP contribution in [0.3, 0.4) is 0 Å².